The molecule has 176 valence electrons. The smallest absolute Gasteiger partial charge is 0.308 e. The normalized spacial score (nSPS) is 31.8. The number of carbonyl (C=O) groups is 2. The summed E-state index contributed by atoms with van der Waals surface area (Å²) in [6.07, 6.45) is 14.1. The molecule has 0 aromatic heterocycles. The third-order valence-corrected chi connectivity index (χ3v) is 7.79. The first-order valence-electron chi connectivity index (χ1n) is 12.7. The van der Waals surface area contributed by atoms with E-state index in [0.717, 1.165) is 70.0 Å². The van der Waals surface area contributed by atoms with Gasteiger partial charge in [0.1, 0.15) is 13.2 Å². The molecule has 2 bridgehead atoms. The summed E-state index contributed by atoms with van der Waals surface area (Å²) >= 11 is 0. The van der Waals surface area contributed by atoms with E-state index in [4.69, 9.17) is 14.2 Å². The molecule has 1 aliphatic heterocycles. The van der Waals surface area contributed by atoms with Crippen LogP contribution in [0.2, 0.25) is 0 Å². The van der Waals surface area contributed by atoms with Crippen LogP contribution in [-0.4, -0.2) is 31.8 Å². The van der Waals surface area contributed by atoms with Crippen LogP contribution < -0.4 is 0 Å². The largest absolute Gasteiger partial charge is 0.497 e. The molecule has 0 aromatic rings. The van der Waals surface area contributed by atoms with Crippen molar-refractivity contribution in [2.45, 2.75) is 96.8 Å². The predicted octanol–water partition coefficient (Wildman–Crippen LogP) is 5.96. The summed E-state index contributed by atoms with van der Waals surface area (Å²) in [6.45, 7) is 7.08. The van der Waals surface area contributed by atoms with Crippen LogP contribution >= 0.6 is 0 Å². The van der Waals surface area contributed by atoms with Gasteiger partial charge in [-0.25, -0.2) is 0 Å². The number of allylic oxidation sites excluding steroid dienone is 1. The van der Waals surface area contributed by atoms with Gasteiger partial charge in [0.2, 0.25) is 0 Å². The number of ether oxygens (including phenoxy) is 3. The molecule has 31 heavy (non-hydrogen) atoms. The Morgan fingerprint density at radius 2 is 1.32 bits per heavy atom. The van der Waals surface area contributed by atoms with Crippen LogP contribution in [0.5, 0.6) is 0 Å². The number of hydrogen-bond donors (Lipinski definition) is 0. The molecule has 1 saturated heterocycles. The van der Waals surface area contributed by atoms with Gasteiger partial charge in [0, 0.05) is 5.92 Å². The zero-order valence-corrected chi connectivity index (χ0v) is 19.5. The van der Waals surface area contributed by atoms with E-state index < -0.39 is 5.41 Å². The van der Waals surface area contributed by atoms with Gasteiger partial charge in [0.05, 0.1) is 29.6 Å². The molecule has 3 rings (SSSR count). The molecule has 3 fully saturated rings. The van der Waals surface area contributed by atoms with E-state index in [1.54, 1.807) is 0 Å². The third-order valence-electron chi connectivity index (χ3n) is 7.79. The predicted molar refractivity (Wildman–Crippen MR) is 120 cm³/mol. The molecule has 0 radical (unpaired) electrons. The van der Waals surface area contributed by atoms with Crippen molar-refractivity contribution in [1.29, 1.82) is 0 Å². The van der Waals surface area contributed by atoms with Crippen LogP contribution in [0, 0.1) is 23.2 Å². The number of rotatable bonds is 5. The summed E-state index contributed by atoms with van der Waals surface area (Å²) in [5.74, 6) is 0.955. The highest BCUT2D eigenvalue weighted by Gasteiger charge is 2.37. The average Bonchev–Trinajstić information content (AvgIpc) is 2.81. The van der Waals surface area contributed by atoms with E-state index in [1.807, 2.05) is 0 Å². The number of fused-ring (bicyclic) bond motifs is 4. The van der Waals surface area contributed by atoms with Crippen LogP contribution in [0.4, 0.5) is 0 Å². The minimum Gasteiger partial charge on any atom is -0.497 e. The van der Waals surface area contributed by atoms with Gasteiger partial charge in [0.15, 0.2) is 0 Å². The van der Waals surface area contributed by atoms with Crippen LogP contribution in [0.3, 0.4) is 0 Å². The lowest BCUT2D eigenvalue weighted by atomic mass is 9.85. The quantitative estimate of drug-likeness (QED) is 0.395. The molecular weight excluding hydrogens is 392 g/mol. The van der Waals surface area contributed by atoms with Crippen molar-refractivity contribution in [2.24, 2.45) is 23.2 Å². The van der Waals surface area contributed by atoms with E-state index in [1.165, 1.54) is 19.3 Å². The van der Waals surface area contributed by atoms with Crippen LogP contribution in [0.25, 0.3) is 0 Å². The Morgan fingerprint density at radius 3 is 1.84 bits per heavy atom. The van der Waals surface area contributed by atoms with E-state index in [-0.39, 0.29) is 37.0 Å². The number of cyclic esters (lactones) is 2. The van der Waals surface area contributed by atoms with Crippen molar-refractivity contribution >= 4 is 11.9 Å². The lowest BCUT2D eigenvalue weighted by molar-refractivity contribution is -0.164. The van der Waals surface area contributed by atoms with Crippen molar-refractivity contribution in [1.82, 2.24) is 0 Å². The van der Waals surface area contributed by atoms with Crippen molar-refractivity contribution in [3.8, 4) is 0 Å². The van der Waals surface area contributed by atoms with Gasteiger partial charge in [-0.2, -0.15) is 0 Å². The molecule has 5 nitrogen and oxygen atoms in total. The monoisotopic (exact) mass is 434 g/mol. The van der Waals surface area contributed by atoms with Gasteiger partial charge in [-0.1, -0.05) is 58.4 Å². The lowest BCUT2D eigenvalue weighted by Gasteiger charge is -2.35. The Balaban J connectivity index is 1.71. The molecule has 0 amide bonds. The standard InChI is InChI=1S/C26H42O5/c1-3-26(17-29-20(2)21-11-6-4-7-12-21)18-30-24(27)22-13-8-5-9-14-23(16-10-15-22)25(28)31-19-26/h21-23H,2-19H2,1H3. The number of esters is 2. The molecule has 2 unspecified atom stereocenters. The molecule has 0 N–H and O–H groups in total. The summed E-state index contributed by atoms with van der Waals surface area (Å²) < 4.78 is 17.9. The number of carbonyl (C=O) groups excluding carboxylic acids is 2. The SMILES string of the molecule is C=C(OCC1(CC)COC(=O)C2CCCCCC(CCC2)C(=O)OC1)C1CCCCC1. The van der Waals surface area contributed by atoms with E-state index in [0.29, 0.717) is 18.9 Å². The zero-order valence-electron chi connectivity index (χ0n) is 19.5. The molecule has 1 heterocycles. The molecule has 3 aliphatic rings. The molecule has 0 aromatic carbocycles. The van der Waals surface area contributed by atoms with Gasteiger partial charge in [-0.3, -0.25) is 9.59 Å². The number of hydrogen-bond acceptors (Lipinski definition) is 5. The maximum absolute atomic E-state index is 12.9. The summed E-state index contributed by atoms with van der Waals surface area (Å²) in [5, 5.41) is 0. The van der Waals surface area contributed by atoms with E-state index in [9.17, 15) is 9.59 Å². The van der Waals surface area contributed by atoms with Crippen LogP contribution in [0.1, 0.15) is 96.8 Å². The van der Waals surface area contributed by atoms with Gasteiger partial charge in [0.25, 0.3) is 0 Å². The molecule has 5 heteroatoms. The summed E-state index contributed by atoms with van der Waals surface area (Å²) in [5.41, 5.74) is -0.526. The lowest BCUT2D eigenvalue weighted by Crippen LogP contribution is -2.40. The molecule has 2 atom stereocenters. The van der Waals surface area contributed by atoms with Gasteiger partial charge in [-0.05, 0) is 44.9 Å². The van der Waals surface area contributed by atoms with Crippen molar-refractivity contribution in [3.63, 3.8) is 0 Å². The van der Waals surface area contributed by atoms with Gasteiger partial charge >= 0.3 is 11.9 Å². The molecule has 2 saturated carbocycles. The van der Waals surface area contributed by atoms with E-state index in [2.05, 4.69) is 13.5 Å². The Kier molecular flexibility index (Phi) is 9.28. The highest BCUT2D eigenvalue weighted by atomic mass is 16.6. The second kappa shape index (κ2) is 11.9. The molecule has 2 aliphatic carbocycles. The average molecular weight is 435 g/mol. The van der Waals surface area contributed by atoms with Gasteiger partial charge < -0.3 is 14.2 Å². The fourth-order valence-electron chi connectivity index (χ4n) is 5.23. The van der Waals surface area contributed by atoms with E-state index >= 15 is 0 Å². The molecule has 0 spiro atoms. The Labute approximate surface area is 188 Å². The van der Waals surface area contributed by atoms with Crippen molar-refractivity contribution < 1.29 is 23.8 Å². The topological polar surface area (TPSA) is 61.8 Å². The second-order valence-corrected chi connectivity index (χ2v) is 10.1. The Hall–Kier alpha value is -1.52. The minimum absolute atomic E-state index is 0.0538. The maximum Gasteiger partial charge on any atom is 0.308 e. The van der Waals surface area contributed by atoms with Crippen LogP contribution in [-0.2, 0) is 23.8 Å². The zero-order chi connectivity index (χ0) is 22.1. The molecular formula is C26H42O5. The fraction of sp³-hybridized carbons (Fsp3) is 0.846. The van der Waals surface area contributed by atoms with Crippen molar-refractivity contribution in [2.75, 3.05) is 19.8 Å². The first-order valence-corrected chi connectivity index (χ1v) is 12.7. The summed E-state index contributed by atoms with van der Waals surface area (Å²) in [4.78, 5) is 25.8. The summed E-state index contributed by atoms with van der Waals surface area (Å²) in [7, 11) is 0. The first-order chi connectivity index (χ1) is 15.0. The highest BCUT2D eigenvalue weighted by molar-refractivity contribution is 5.73. The minimum atomic E-state index is -0.526. The van der Waals surface area contributed by atoms with Crippen LogP contribution in [0.15, 0.2) is 12.3 Å². The Morgan fingerprint density at radius 1 is 0.839 bits per heavy atom. The van der Waals surface area contributed by atoms with Crippen molar-refractivity contribution in [3.05, 3.63) is 12.3 Å². The summed E-state index contributed by atoms with van der Waals surface area (Å²) in [6, 6.07) is 0. The maximum atomic E-state index is 12.9. The fourth-order valence-corrected chi connectivity index (χ4v) is 5.23. The first kappa shape index (κ1) is 24.1. The Bertz CT molecular complexity index is 571. The second-order valence-electron chi connectivity index (χ2n) is 10.1. The van der Waals surface area contributed by atoms with Gasteiger partial charge in [-0.15, -0.1) is 0 Å². The third kappa shape index (κ3) is 6.98. The highest BCUT2D eigenvalue weighted by Crippen LogP contribution is 2.34.